The molecule has 158 valence electrons. The molecular formula is C23H19ClN2O5. The van der Waals surface area contributed by atoms with Gasteiger partial charge in [0.05, 0.1) is 27.4 Å². The lowest BCUT2D eigenvalue weighted by Gasteiger charge is -2.18. The van der Waals surface area contributed by atoms with E-state index in [-0.39, 0.29) is 40.5 Å². The number of halogens is 1. The van der Waals surface area contributed by atoms with Gasteiger partial charge in [0, 0.05) is 13.1 Å². The minimum Gasteiger partial charge on any atom is -0.452 e. The van der Waals surface area contributed by atoms with Crippen molar-refractivity contribution < 1.29 is 23.9 Å². The first-order valence-corrected chi connectivity index (χ1v) is 9.71. The first-order chi connectivity index (χ1) is 14.9. The van der Waals surface area contributed by atoms with Crippen LogP contribution in [0.3, 0.4) is 0 Å². The maximum Gasteiger partial charge on any atom is 0.338 e. The highest BCUT2D eigenvalue weighted by Gasteiger charge is 2.38. The van der Waals surface area contributed by atoms with E-state index in [0.717, 1.165) is 4.90 Å². The molecule has 0 radical (unpaired) electrons. The number of esters is 1. The van der Waals surface area contributed by atoms with Gasteiger partial charge in [0.2, 0.25) is 0 Å². The van der Waals surface area contributed by atoms with E-state index in [9.17, 15) is 19.2 Å². The second kappa shape index (κ2) is 9.40. The lowest BCUT2D eigenvalue weighted by Crippen LogP contribution is -2.35. The predicted octanol–water partition coefficient (Wildman–Crippen LogP) is 3.50. The van der Waals surface area contributed by atoms with Crippen molar-refractivity contribution in [1.29, 1.82) is 0 Å². The molecule has 31 heavy (non-hydrogen) atoms. The van der Waals surface area contributed by atoms with Crippen LogP contribution in [0.4, 0.5) is 5.69 Å². The Kier molecular flexibility index (Phi) is 6.67. The Morgan fingerprint density at radius 3 is 2.29 bits per heavy atom. The number of carbonyl (C=O) groups is 4. The standard InChI is InChI=1S/C23H19ClN2O5/c1-3-11-25(12-4-2)20(27)14-31-23(30)15-9-10-16-17(13-15)22(29)26(21(16)28)19-8-6-5-7-18(19)24/h3-10,13H,1-2,11-12,14H2. The van der Waals surface area contributed by atoms with Gasteiger partial charge in [-0.3, -0.25) is 14.4 Å². The zero-order chi connectivity index (χ0) is 22.5. The number of benzene rings is 2. The number of fused-ring (bicyclic) bond motifs is 1. The van der Waals surface area contributed by atoms with Crippen molar-refractivity contribution >= 4 is 41.0 Å². The van der Waals surface area contributed by atoms with E-state index in [1.807, 2.05) is 0 Å². The summed E-state index contributed by atoms with van der Waals surface area (Å²) in [6, 6.07) is 10.5. The van der Waals surface area contributed by atoms with Crippen molar-refractivity contribution in [1.82, 2.24) is 4.90 Å². The Balaban J connectivity index is 1.76. The SMILES string of the molecule is C=CCN(CC=C)C(=O)COC(=O)c1ccc2c(c1)C(=O)N(c1ccccc1Cl)C2=O. The number of hydrogen-bond acceptors (Lipinski definition) is 5. The van der Waals surface area contributed by atoms with Crippen LogP contribution in [0.2, 0.25) is 5.02 Å². The third-order valence-corrected chi connectivity index (χ3v) is 4.91. The van der Waals surface area contributed by atoms with Gasteiger partial charge in [-0.15, -0.1) is 13.2 Å². The lowest BCUT2D eigenvalue weighted by atomic mass is 10.1. The van der Waals surface area contributed by atoms with Crippen molar-refractivity contribution in [2.45, 2.75) is 0 Å². The number of rotatable bonds is 8. The third-order valence-electron chi connectivity index (χ3n) is 4.59. The average Bonchev–Trinajstić information content (AvgIpc) is 3.01. The molecule has 0 fully saturated rings. The van der Waals surface area contributed by atoms with Crippen LogP contribution in [0, 0.1) is 0 Å². The van der Waals surface area contributed by atoms with Gasteiger partial charge >= 0.3 is 5.97 Å². The average molecular weight is 439 g/mol. The summed E-state index contributed by atoms with van der Waals surface area (Å²) in [5.41, 5.74) is 0.522. The summed E-state index contributed by atoms with van der Waals surface area (Å²) in [6.45, 7) is 7.26. The fraction of sp³-hybridized carbons (Fsp3) is 0.130. The van der Waals surface area contributed by atoms with E-state index < -0.39 is 30.3 Å². The van der Waals surface area contributed by atoms with Crippen LogP contribution >= 0.6 is 11.6 Å². The second-order valence-corrected chi connectivity index (χ2v) is 7.02. The number of imide groups is 1. The molecule has 3 rings (SSSR count). The summed E-state index contributed by atoms with van der Waals surface area (Å²) in [7, 11) is 0. The molecule has 8 heteroatoms. The number of carbonyl (C=O) groups excluding carboxylic acids is 4. The van der Waals surface area contributed by atoms with Gasteiger partial charge in [-0.1, -0.05) is 35.9 Å². The summed E-state index contributed by atoms with van der Waals surface area (Å²) >= 11 is 6.13. The van der Waals surface area contributed by atoms with Gasteiger partial charge in [0.25, 0.3) is 17.7 Å². The fourth-order valence-corrected chi connectivity index (χ4v) is 3.33. The van der Waals surface area contributed by atoms with Gasteiger partial charge < -0.3 is 9.64 Å². The first kappa shape index (κ1) is 22.0. The van der Waals surface area contributed by atoms with Crippen LogP contribution in [0.1, 0.15) is 31.1 Å². The van der Waals surface area contributed by atoms with Crippen molar-refractivity contribution in [2.75, 3.05) is 24.6 Å². The second-order valence-electron chi connectivity index (χ2n) is 6.61. The van der Waals surface area contributed by atoms with E-state index >= 15 is 0 Å². The minimum absolute atomic E-state index is 0.0488. The summed E-state index contributed by atoms with van der Waals surface area (Å²) < 4.78 is 5.09. The predicted molar refractivity (Wildman–Crippen MR) is 116 cm³/mol. The van der Waals surface area contributed by atoms with Crippen LogP contribution in [0.25, 0.3) is 0 Å². The molecule has 0 unspecified atom stereocenters. The summed E-state index contributed by atoms with van der Waals surface area (Å²) in [5.74, 6) is -2.33. The van der Waals surface area contributed by atoms with Gasteiger partial charge in [-0.25, -0.2) is 9.69 Å². The normalized spacial score (nSPS) is 12.4. The van der Waals surface area contributed by atoms with E-state index in [2.05, 4.69) is 13.2 Å². The Morgan fingerprint density at radius 1 is 1.00 bits per heavy atom. The zero-order valence-electron chi connectivity index (χ0n) is 16.5. The molecule has 0 bridgehead atoms. The number of hydrogen-bond donors (Lipinski definition) is 0. The molecule has 1 aliphatic rings. The molecule has 0 N–H and O–H groups in total. The van der Waals surface area contributed by atoms with Crippen LogP contribution in [0.15, 0.2) is 67.8 Å². The van der Waals surface area contributed by atoms with Crippen molar-refractivity contribution in [2.24, 2.45) is 0 Å². The summed E-state index contributed by atoms with van der Waals surface area (Å²) in [5, 5.41) is 0.249. The molecule has 0 spiro atoms. The number of nitrogens with zero attached hydrogens (tertiary/aromatic N) is 2. The highest BCUT2D eigenvalue weighted by Crippen LogP contribution is 2.33. The molecule has 1 aliphatic heterocycles. The Labute approximate surface area is 184 Å². The molecule has 2 aromatic carbocycles. The topological polar surface area (TPSA) is 84.0 Å². The van der Waals surface area contributed by atoms with Crippen molar-refractivity contribution in [3.05, 3.63) is 89.5 Å². The molecular weight excluding hydrogens is 420 g/mol. The molecule has 0 aliphatic carbocycles. The van der Waals surface area contributed by atoms with Gasteiger partial charge in [0.1, 0.15) is 0 Å². The van der Waals surface area contributed by atoms with Crippen LogP contribution in [-0.2, 0) is 9.53 Å². The van der Waals surface area contributed by atoms with Crippen LogP contribution < -0.4 is 4.90 Å². The number of ether oxygens (including phenoxy) is 1. The maximum atomic E-state index is 12.8. The Hall–Kier alpha value is -3.71. The highest BCUT2D eigenvalue weighted by atomic mass is 35.5. The number of amides is 3. The molecule has 0 saturated carbocycles. The zero-order valence-corrected chi connectivity index (χ0v) is 17.3. The number of para-hydroxylation sites is 1. The molecule has 1 heterocycles. The molecule has 0 saturated heterocycles. The fourth-order valence-electron chi connectivity index (χ4n) is 3.11. The quantitative estimate of drug-likeness (QED) is 0.358. The molecule has 2 aromatic rings. The maximum absolute atomic E-state index is 12.8. The van der Waals surface area contributed by atoms with E-state index in [1.54, 1.807) is 36.4 Å². The van der Waals surface area contributed by atoms with E-state index in [0.29, 0.717) is 0 Å². The van der Waals surface area contributed by atoms with Gasteiger partial charge in [-0.05, 0) is 30.3 Å². The van der Waals surface area contributed by atoms with Crippen LogP contribution in [-0.4, -0.2) is 48.3 Å². The summed E-state index contributed by atoms with van der Waals surface area (Å²) in [4.78, 5) is 52.6. The van der Waals surface area contributed by atoms with E-state index in [1.165, 1.54) is 23.1 Å². The molecule has 0 aromatic heterocycles. The highest BCUT2D eigenvalue weighted by molar-refractivity contribution is 6.39. The number of anilines is 1. The van der Waals surface area contributed by atoms with Crippen molar-refractivity contribution in [3.8, 4) is 0 Å². The lowest BCUT2D eigenvalue weighted by molar-refractivity contribution is -0.133. The monoisotopic (exact) mass is 438 g/mol. The van der Waals surface area contributed by atoms with E-state index in [4.69, 9.17) is 16.3 Å². The van der Waals surface area contributed by atoms with Gasteiger partial charge in [0.15, 0.2) is 6.61 Å². The Morgan fingerprint density at radius 2 is 1.65 bits per heavy atom. The first-order valence-electron chi connectivity index (χ1n) is 9.33. The van der Waals surface area contributed by atoms with Crippen molar-refractivity contribution in [3.63, 3.8) is 0 Å². The molecule has 0 atom stereocenters. The molecule has 3 amide bonds. The Bertz CT molecular complexity index is 1090. The summed E-state index contributed by atoms with van der Waals surface area (Å²) in [6.07, 6.45) is 3.11. The smallest absolute Gasteiger partial charge is 0.338 e. The minimum atomic E-state index is -0.787. The largest absolute Gasteiger partial charge is 0.452 e. The molecule has 7 nitrogen and oxygen atoms in total. The van der Waals surface area contributed by atoms with Gasteiger partial charge in [-0.2, -0.15) is 0 Å². The third kappa shape index (κ3) is 4.41. The van der Waals surface area contributed by atoms with Crippen LogP contribution in [0.5, 0.6) is 0 Å².